The Balaban J connectivity index is 1.85. The Labute approximate surface area is 146 Å². The van der Waals surface area contributed by atoms with Crippen LogP contribution in [0.5, 0.6) is 5.75 Å². The Hall–Kier alpha value is -2.66. The van der Waals surface area contributed by atoms with Gasteiger partial charge in [-0.3, -0.25) is 4.79 Å². The van der Waals surface area contributed by atoms with Gasteiger partial charge in [-0.15, -0.1) is 0 Å². The monoisotopic (exact) mass is 384 g/mol. The maximum Gasteiger partial charge on any atom is 0.343 e. The Kier molecular flexibility index (Phi) is 4.62. The molecule has 0 radical (unpaired) electrons. The van der Waals surface area contributed by atoms with Crippen LogP contribution in [0, 0.1) is 0 Å². The van der Waals surface area contributed by atoms with Crippen molar-refractivity contribution < 1.29 is 14.3 Å². The predicted molar refractivity (Wildman–Crippen MR) is 96.0 cm³/mol. The molecule has 0 spiro atoms. The van der Waals surface area contributed by atoms with E-state index < -0.39 is 5.63 Å². The minimum Gasteiger partial charge on any atom is -0.507 e. The summed E-state index contributed by atoms with van der Waals surface area (Å²) in [6.07, 6.45) is 2.83. The quantitative estimate of drug-likeness (QED) is 0.543. The van der Waals surface area contributed by atoms with Crippen molar-refractivity contribution in [3.05, 3.63) is 80.6 Å². The molecule has 2 aromatic carbocycles. The standard InChI is InChI=1S/C19H13BrO4/c20-13-8-5-12(6-9-13)7-10-14(21)11-16-18(22)15-3-1-2-4-17(15)24-19(16)23/h1-10,22H,11H2/b10-7+. The van der Waals surface area contributed by atoms with E-state index in [1.54, 1.807) is 30.3 Å². The van der Waals surface area contributed by atoms with Gasteiger partial charge in [-0.05, 0) is 35.9 Å². The molecule has 0 atom stereocenters. The van der Waals surface area contributed by atoms with Crippen LogP contribution in [0.3, 0.4) is 0 Å². The fourth-order valence-electron chi connectivity index (χ4n) is 2.32. The first-order chi connectivity index (χ1) is 11.5. The van der Waals surface area contributed by atoms with Gasteiger partial charge >= 0.3 is 5.63 Å². The molecule has 0 aliphatic heterocycles. The molecule has 0 saturated heterocycles. The molecule has 5 heteroatoms. The number of hydrogen-bond donors (Lipinski definition) is 1. The second kappa shape index (κ2) is 6.84. The van der Waals surface area contributed by atoms with E-state index in [1.165, 1.54) is 6.08 Å². The molecule has 24 heavy (non-hydrogen) atoms. The van der Waals surface area contributed by atoms with Crippen LogP contribution < -0.4 is 5.63 Å². The second-order valence-electron chi connectivity index (χ2n) is 5.24. The molecule has 0 amide bonds. The maximum absolute atomic E-state index is 12.1. The lowest BCUT2D eigenvalue weighted by atomic mass is 10.1. The van der Waals surface area contributed by atoms with Gasteiger partial charge < -0.3 is 9.52 Å². The predicted octanol–water partition coefficient (Wildman–Crippen LogP) is 4.09. The van der Waals surface area contributed by atoms with Gasteiger partial charge in [0.2, 0.25) is 0 Å². The number of allylic oxidation sites excluding steroid dienone is 1. The second-order valence-corrected chi connectivity index (χ2v) is 6.16. The summed E-state index contributed by atoms with van der Waals surface area (Å²) in [6, 6.07) is 14.1. The smallest absolute Gasteiger partial charge is 0.343 e. The third kappa shape index (κ3) is 3.46. The first kappa shape index (κ1) is 16.2. The Morgan fingerprint density at radius 2 is 1.83 bits per heavy atom. The van der Waals surface area contributed by atoms with E-state index in [4.69, 9.17) is 4.42 Å². The largest absolute Gasteiger partial charge is 0.507 e. The maximum atomic E-state index is 12.1. The summed E-state index contributed by atoms with van der Waals surface area (Å²) in [4.78, 5) is 24.1. The van der Waals surface area contributed by atoms with Crippen molar-refractivity contribution >= 4 is 38.8 Å². The van der Waals surface area contributed by atoms with E-state index in [1.807, 2.05) is 24.3 Å². The highest BCUT2D eigenvalue weighted by Gasteiger charge is 2.15. The van der Waals surface area contributed by atoms with E-state index in [0.717, 1.165) is 10.0 Å². The molecule has 0 aliphatic rings. The van der Waals surface area contributed by atoms with Gasteiger partial charge in [0.05, 0.1) is 10.9 Å². The molecule has 4 nitrogen and oxygen atoms in total. The zero-order valence-electron chi connectivity index (χ0n) is 12.5. The summed E-state index contributed by atoms with van der Waals surface area (Å²) in [5, 5.41) is 10.7. The average Bonchev–Trinajstić information content (AvgIpc) is 2.58. The van der Waals surface area contributed by atoms with Crippen molar-refractivity contribution in [3.8, 4) is 5.75 Å². The molecular weight excluding hydrogens is 372 g/mol. The lowest BCUT2D eigenvalue weighted by molar-refractivity contribution is -0.114. The van der Waals surface area contributed by atoms with Gasteiger partial charge in [-0.1, -0.05) is 46.3 Å². The van der Waals surface area contributed by atoms with Gasteiger partial charge in [0, 0.05) is 10.9 Å². The van der Waals surface area contributed by atoms with Gasteiger partial charge in [0.25, 0.3) is 0 Å². The molecule has 1 N–H and O–H groups in total. The molecule has 0 aliphatic carbocycles. The van der Waals surface area contributed by atoms with Crippen molar-refractivity contribution in [2.75, 3.05) is 0 Å². The molecule has 0 bridgehead atoms. The van der Waals surface area contributed by atoms with Crippen LogP contribution in [-0.4, -0.2) is 10.9 Å². The molecule has 1 aromatic heterocycles. The minimum absolute atomic E-state index is 0.0286. The summed E-state index contributed by atoms with van der Waals surface area (Å²) in [6.45, 7) is 0. The number of benzene rings is 2. The number of aromatic hydroxyl groups is 1. The summed E-state index contributed by atoms with van der Waals surface area (Å²) < 4.78 is 6.10. The number of halogens is 1. The van der Waals surface area contributed by atoms with Crippen LogP contribution >= 0.6 is 15.9 Å². The number of ketones is 1. The zero-order valence-corrected chi connectivity index (χ0v) is 14.1. The van der Waals surface area contributed by atoms with Gasteiger partial charge in [-0.2, -0.15) is 0 Å². The molecule has 0 saturated carbocycles. The van der Waals surface area contributed by atoms with E-state index in [2.05, 4.69) is 15.9 Å². The summed E-state index contributed by atoms with van der Waals surface area (Å²) in [7, 11) is 0. The number of para-hydroxylation sites is 1. The van der Waals surface area contributed by atoms with Gasteiger partial charge in [0.1, 0.15) is 11.3 Å². The average molecular weight is 385 g/mol. The van der Waals surface area contributed by atoms with Crippen molar-refractivity contribution in [2.24, 2.45) is 0 Å². The minimum atomic E-state index is -0.698. The van der Waals surface area contributed by atoms with E-state index in [-0.39, 0.29) is 23.5 Å². The Morgan fingerprint density at radius 3 is 2.58 bits per heavy atom. The van der Waals surface area contributed by atoms with Crippen LogP contribution in [0.2, 0.25) is 0 Å². The summed E-state index contributed by atoms with van der Waals surface area (Å²) >= 11 is 3.34. The zero-order chi connectivity index (χ0) is 17.1. The van der Waals surface area contributed by atoms with Crippen molar-refractivity contribution in [3.63, 3.8) is 0 Å². The molecule has 3 aromatic rings. The van der Waals surface area contributed by atoms with Crippen LogP contribution in [-0.2, 0) is 11.2 Å². The molecule has 3 rings (SSSR count). The van der Waals surface area contributed by atoms with Crippen LogP contribution in [0.1, 0.15) is 11.1 Å². The normalized spacial score (nSPS) is 11.2. The van der Waals surface area contributed by atoms with Crippen LogP contribution in [0.4, 0.5) is 0 Å². The van der Waals surface area contributed by atoms with E-state index >= 15 is 0 Å². The topological polar surface area (TPSA) is 67.5 Å². The highest BCUT2D eigenvalue weighted by molar-refractivity contribution is 9.10. The van der Waals surface area contributed by atoms with Crippen molar-refractivity contribution in [2.45, 2.75) is 6.42 Å². The lowest BCUT2D eigenvalue weighted by Gasteiger charge is -2.04. The third-order valence-electron chi connectivity index (χ3n) is 3.56. The third-order valence-corrected chi connectivity index (χ3v) is 4.09. The lowest BCUT2D eigenvalue weighted by Crippen LogP contribution is -2.12. The summed E-state index contributed by atoms with van der Waals surface area (Å²) in [5.41, 5.74) is 0.429. The number of hydrogen-bond acceptors (Lipinski definition) is 4. The first-order valence-electron chi connectivity index (χ1n) is 7.25. The fraction of sp³-hybridized carbons (Fsp3) is 0.0526. The highest BCUT2D eigenvalue weighted by Crippen LogP contribution is 2.26. The van der Waals surface area contributed by atoms with Crippen LogP contribution in [0.25, 0.3) is 17.0 Å². The molecule has 1 heterocycles. The highest BCUT2D eigenvalue weighted by atomic mass is 79.9. The number of fused-ring (bicyclic) bond motifs is 1. The van der Waals surface area contributed by atoms with E-state index in [9.17, 15) is 14.7 Å². The molecular formula is C19H13BrO4. The van der Waals surface area contributed by atoms with Crippen molar-refractivity contribution in [1.29, 1.82) is 0 Å². The van der Waals surface area contributed by atoms with Crippen molar-refractivity contribution in [1.82, 2.24) is 0 Å². The Bertz CT molecular complexity index is 984. The first-order valence-corrected chi connectivity index (χ1v) is 8.04. The number of carbonyl (C=O) groups is 1. The summed E-state index contributed by atoms with van der Waals surface area (Å²) in [5.74, 6) is -0.497. The SMILES string of the molecule is O=C(/C=C/c1ccc(Br)cc1)Cc1c(O)c2ccccc2oc1=O. The fourth-order valence-corrected chi connectivity index (χ4v) is 2.59. The molecule has 0 unspecified atom stereocenters. The number of rotatable bonds is 4. The van der Waals surface area contributed by atoms with Crippen LogP contribution in [0.15, 0.2) is 68.3 Å². The van der Waals surface area contributed by atoms with E-state index in [0.29, 0.717) is 11.0 Å². The molecule has 0 fully saturated rings. The van der Waals surface area contributed by atoms with Gasteiger partial charge in [-0.25, -0.2) is 4.79 Å². The van der Waals surface area contributed by atoms with Gasteiger partial charge in [0.15, 0.2) is 5.78 Å². The number of carbonyl (C=O) groups excluding carboxylic acids is 1. The Morgan fingerprint density at radius 1 is 1.12 bits per heavy atom. The molecule has 120 valence electrons.